The maximum atomic E-state index is 8.73. The summed E-state index contributed by atoms with van der Waals surface area (Å²) in [5, 5.41) is 11.7. The number of aliphatic hydroxyl groups is 1. The van der Waals surface area contributed by atoms with Crippen LogP contribution in [0.25, 0.3) is 0 Å². The zero-order chi connectivity index (χ0) is 8.97. The lowest BCUT2D eigenvalue weighted by atomic mass is 10.4. The van der Waals surface area contributed by atoms with Crippen LogP contribution >= 0.6 is 0 Å². The number of rotatable bonds is 3. The highest BCUT2D eigenvalue weighted by Crippen LogP contribution is 1.99. The molecular weight excluding hydrogens is 154 g/mol. The number of aromatic nitrogens is 2. The van der Waals surface area contributed by atoms with Gasteiger partial charge >= 0.3 is 0 Å². The van der Waals surface area contributed by atoms with Gasteiger partial charge in [0.2, 0.25) is 5.95 Å². The predicted molar refractivity (Wildman–Crippen MR) is 46.9 cm³/mol. The van der Waals surface area contributed by atoms with Crippen LogP contribution in [0.1, 0.15) is 12.5 Å². The minimum absolute atomic E-state index is 0.00675. The summed E-state index contributed by atoms with van der Waals surface area (Å²) in [7, 11) is 0. The molecule has 4 nitrogen and oxygen atoms in total. The van der Waals surface area contributed by atoms with Crippen molar-refractivity contribution in [2.24, 2.45) is 0 Å². The van der Waals surface area contributed by atoms with Gasteiger partial charge in [0.05, 0.1) is 6.61 Å². The highest BCUT2D eigenvalue weighted by atomic mass is 16.3. The van der Waals surface area contributed by atoms with Crippen molar-refractivity contribution in [1.82, 2.24) is 9.97 Å². The summed E-state index contributed by atoms with van der Waals surface area (Å²) >= 11 is 0. The average molecular weight is 167 g/mol. The van der Waals surface area contributed by atoms with Crippen LogP contribution in [0, 0.1) is 6.92 Å². The summed E-state index contributed by atoms with van der Waals surface area (Å²) < 4.78 is 0. The highest BCUT2D eigenvalue weighted by molar-refractivity contribution is 5.25. The fraction of sp³-hybridized carbons (Fsp3) is 0.500. The van der Waals surface area contributed by atoms with Crippen molar-refractivity contribution in [2.75, 3.05) is 11.9 Å². The molecular formula is C8H13N3O. The fourth-order valence-corrected chi connectivity index (χ4v) is 0.733. The second kappa shape index (κ2) is 4.01. The van der Waals surface area contributed by atoms with Gasteiger partial charge in [-0.3, -0.25) is 0 Å². The second-order valence-electron chi connectivity index (χ2n) is 2.81. The van der Waals surface area contributed by atoms with Crippen molar-refractivity contribution in [2.45, 2.75) is 19.9 Å². The molecule has 1 atom stereocenters. The molecule has 0 bridgehead atoms. The Kier molecular flexibility index (Phi) is 2.99. The summed E-state index contributed by atoms with van der Waals surface area (Å²) in [5.74, 6) is 0.558. The third-order valence-electron chi connectivity index (χ3n) is 1.43. The monoisotopic (exact) mass is 167 g/mol. The Hall–Kier alpha value is -1.16. The van der Waals surface area contributed by atoms with Gasteiger partial charge in [0.15, 0.2) is 0 Å². The van der Waals surface area contributed by atoms with Gasteiger partial charge in [0.25, 0.3) is 0 Å². The Bertz CT molecular complexity index is 235. The summed E-state index contributed by atoms with van der Waals surface area (Å²) in [6.45, 7) is 3.87. The van der Waals surface area contributed by atoms with E-state index in [1.54, 1.807) is 12.4 Å². The molecule has 4 heteroatoms. The number of anilines is 1. The first-order valence-corrected chi connectivity index (χ1v) is 3.88. The van der Waals surface area contributed by atoms with E-state index in [1.807, 2.05) is 13.8 Å². The molecule has 0 spiro atoms. The molecule has 0 aromatic carbocycles. The molecule has 12 heavy (non-hydrogen) atoms. The number of nitrogens with one attached hydrogen (secondary N) is 1. The van der Waals surface area contributed by atoms with E-state index in [1.165, 1.54) is 0 Å². The van der Waals surface area contributed by atoms with Gasteiger partial charge in [-0.15, -0.1) is 0 Å². The molecule has 0 saturated carbocycles. The Morgan fingerprint density at radius 3 is 2.58 bits per heavy atom. The fourth-order valence-electron chi connectivity index (χ4n) is 0.733. The number of hydrogen-bond donors (Lipinski definition) is 2. The maximum absolute atomic E-state index is 8.73. The molecule has 0 radical (unpaired) electrons. The lowest BCUT2D eigenvalue weighted by molar-refractivity contribution is 0.281. The largest absolute Gasteiger partial charge is 0.394 e. The van der Waals surface area contributed by atoms with Crippen LogP contribution < -0.4 is 5.32 Å². The number of aryl methyl sites for hydroxylation is 1. The van der Waals surface area contributed by atoms with Crippen molar-refractivity contribution in [3.63, 3.8) is 0 Å². The van der Waals surface area contributed by atoms with E-state index in [2.05, 4.69) is 15.3 Å². The van der Waals surface area contributed by atoms with Gasteiger partial charge in [0, 0.05) is 18.4 Å². The van der Waals surface area contributed by atoms with E-state index >= 15 is 0 Å². The molecule has 1 heterocycles. The Balaban J connectivity index is 2.58. The highest BCUT2D eigenvalue weighted by Gasteiger charge is 2.00. The molecule has 0 amide bonds. The minimum Gasteiger partial charge on any atom is -0.394 e. The predicted octanol–water partition coefficient (Wildman–Crippen LogP) is 0.578. The van der Waals surface area contributed by atoms with Crippen LogP contribution in [0.4, 0.5) is 5.95 Å². The van der Waals surface area contributed by atoms with Gasteiger partial charge < -0.3 is 10.4 Å². The Labute approximate surface area is 71.7 Å². The zero-order valence-corrected chi connectivity index (χ0v) is 7.28. The van der Waals surface area contributed by atoms with E-state index in [-0.39, 0.29) is 12.6 Å². The lowest BCUT2D eigenvalue weighted by Gasteiger charge is -2.09. The first-order chi connectivity index (χ1) is 5.72. The van der Waals surface area contributed by atoms with Gasteiger partial charge in [-0.2, -0.15) is 0 Å². The SMILES string of the molecule is Cc1cnc(NC(C)CO)nc1. The van der Waals surface area contributed by atoms with E-state index < -0.39 is 0 Å². The third-order valence-corrected chi connectivity index (χ3v) is 1.43. The second-order valence-corrected chi connectivity index (χ2v) is 2.81. The standard InChI is InChI=1S/C8H13N3O/c1-6-3-9-8(10-4-6)11-7(2)5-12/h3-4,7,12H,5H2,1-2H3,(H,9,10,11). The molecule has 0 aliphatic heterocycles. The van der Waals surface area contributed by atoms with Crippen LogP contribution in [0.5, 0.6) is 0 Å². The molecule has 1 rings (SSSR count). The molecule has 0 saturated heterocycles. The first-order valence-electron chi connectivity index (χ1n) is 3.88. The first kappa shape index (κ1) is 8.93. The number of nitrogens with zero attached hydrogens (tertiary/aromatic N) is 2. The van der Waals surface area contributed by atoms with E-state index in [9.17, 15) is 0 Å². The quantitative estimate of drug-likeness (QED) is 0.691. The Morgan fingerprint density at radius 2 is 2.08 bits per heavy atom. The van der Waals surface area contributed by atoms with Crippen LogP contribution in [0.15, 0.2) is 12.4 Å². The van der Waals surface area contributed by atoms with E-state index in [0.717, 1.165) is 5.56 Å². The normalized spacial score (nSPS) is 12.6. The van der Waals surface area contributed by atoms with Crippen molar-refractivity contribution in [1.29, 1.82) is 0 Å². The lowest BCUT2D eigenvalue weighted by Crippen LogP contribution is -2.20. The van der Waals surface area contributed by atoms with Gasteiger partial charge in [0.1, 0.15) is 0 Å². The molecule has 0 aliphatic rings. The van der Waals surface area contributed by atoms with E-state index in [0.29, 0.717) is 5.95 Å². The third kappa shape index (κ3) is 2.47. The zero-order valence-electron chi connectivity index (χ0n) is 7.28. The van der Waals surface area contributed by atoms with Gasteiger partial charge in [-0.25, -0.2) is 9.97 Å². The van der Waals surface area contributed by atoms with Gasteiger partial charge in [-0.1, -0.05) is 0 Å². The summed E-state index contributed by atoms with van der Waals surface area (Å²) in [5.41, 5.74) is 1.03. The molecule has 1 unspecified atom stereocenters. The minimum atomic E-state index is -0.00675. The molecule has 2 N–H and O–H groups in total. The maximum Gasteiger partial charge on any atom is 0.222 e. The van der Waals surface area contributed by atoms with Gasteiger partial charge in [-0.05, 0) is 19.4 Å². The molecule has 66 valence electrons. The number of aliphatic hydroxyl groups excluding tert-OH is 1. The Morgan fingerprint density at radius 1 is 1.50 bits per heavy atom. The van der Waals surface area contributed by atoms with Crippen LogP contribution in [0.2, 0.25) is 0 Å². The molecule has 0 fully saturated rings. The van der Waals surface area contributed by atoms with Crippen molar-refractivity contribution in [3.05, 3.63) is 18.0 Å². The van der Waals surface area contributed by atoms with Crippen molar-refractivity contribution in [3.8, 4) is 0 Å². The van der Waals surface area contributed by atoms with Crippen LogP contribution in [-0.2, 0) is 0 Å². The average Bonchev–Trinajstić information content (AvgIpc) is 2.09. The smallest absolute Gasteiger partial charge is 0.222 e. The summed E-state index contributed by atoms with van der Waals surface area (Å²) in [6.07, 6.45) is 3.47. The van der Waals surface area contributed by atoms with Crippen molar-refractivity contribution < 1.29 is 5.11 Å². The van der Waals surface area contributed by atoms with Crippen LogP contribution in [0.3, 0.4) is 0 Å². The molecule has 0 aliphatic carbocycles. The topological polar surface area (TPSA) is 58.0 Å². The molecule has 1 aromatic heterocycles. The summed E-state index contributed by atoms with van der Waals surface area (Å²) in [4.78, 5) is 8.07. The van der Waals surface area contributed by atoms with Crippen LogP contribution in [-0.4, -0.2) is 27.7 Å². The summed E-state index contributed by atoms with van der Waals surface area (Å²) in [6, 6.07) is -0.00675. The van der Waals surface area contributed by atoms with Crippen molar-refractivity contribution >= 4 is 5.95 Å². The van der Waals surface area contributed by atoms with E-state index in [4.69, 9.17) is 5.11 Å². The number of hydrogen-bond acceptors (Lipinski definition) is 4. The molecule has 1 aromatic rings.